The molecule has 1 aromatic carbocycles. The zero-order chi connectivity index (χ0) is 16.1. The number of amides is 1. The first kappa shape index (κ1) is 16.5. The van der Waals surface area contributed by atoms with Crippen molar-refractivity contribution in [1.82, 2.24) is 10.2 Å². The predicted octanol–water partition coefficient (Wildman–Crippen LogP) is 1.79. The Hall–Kier alpha value is -1.39. The average Bonchev–Trinajstić information content (AvgIpc) is 3.45. The highest BCUT2D eigenvalue weighted by molar-refractivity contribution is 5.78. The molecular weight excluding hydrogens is 286 g/mol. The minimum Gasteiger partial charge on any atom is -0.352 e. The first-order valence-corrected chi connectivity index (χ1v) is 9.02. The molecule has 2 aliphatic rings. The third kappa shape index (κ3) is 5.33. The molecule has 3 N–H and O–H groups in total. The van der Waals surface area contributed by atoms with Crippen molar-refractivity contribution in [2.75, 3.05) is 26.2 Å². The second-order valence-electron chi connectivity index (χ2n) is 7.07. The van der Waals surface area contributed by atoms with Gasteiger partial charge in [0.1, 0.15) is 0 Å². The molecule has 1 aromatic rings. The van der Waals surface area contributed by atoms with Crippen molar-refractivity contribution in [2.24, 2.45) is 17.6 Å². The van der Waals surface area contributed by atoms with Gasteiger partial charge in [0.15, 0.2) is 0 Å². The zero-order valence-corrected chi connectivity index (χ0v) is 13.9. The first-order valence-electron chi connectivity index (χ1n) is 9.02. The Morgan fingerprint density at radius 3 is 2.35 bits per heavy atom. The SMILES string of the molecule is NCCN(CCc1ccccc1)CC(=O)NC(C1CC1)C1CC1. The summed E-state index contributed by atoms with van der Waals surface area (Å²) in [6.07, 6.45) is 6.14. The molecule has 0 atom stereocenters. The molecule has 0 unspecified atom stereocenters. The second kappa shape index (κ2) is 7.93. The molecule has 0 aliphatic heterocycles. The summed E-state index contributed by atoms with van der Waals surface area (Å²) in [5, 5.41) is 3.31. The molecule has 0 spiro atoms. The third-order valence-electron chi connectivity index (χ3n) is 4.96. The van der Waals surface area contributed by atoms with Crippen LogP contribution in [0.25, 0.3) is 0 Å². The lowest BCUT2D eigenvalue weighted by Crippen LogP contribution is -2.45. The Labute approximate surface area is 139 Å². The summed E-state index contributed by atoms with van der Waals surface area (Å²) in [6, 6.07) is 10.9. The number of hydrogen-bond donors (Lipinski definition) is 2. The van der Waals surface area contributed by atoms with Crippen LogP contribution in [0, 0.1) is 11.8 Å². The molecule has 126 valence electrons. The molecule has 2 aliphatic carbocycles. The van der Waals surface area contributed by atoms with E-state index in [1.165, 1.54) is 31.2 Å². The van der Waals surface area contributed by atoms with Crippen molar-refractivity contribution in [3.8, 4) is 0 Å². The van der Waals surface area contributed by atoms with Gasteiger partial charge in [0.05, 0.1) is 6.54 Å². The van der Waals surface area contributed by atoms with Gasteiger partial charge in [-0.3, -0.25) is 9.69 Å². The number of nitrogens with two attached hydrogens (primary N) is 1. The summed E-state index contributed by atoms with van der Waals surface area (Å²) in [6.45, 7) is 2.72. The zero-order valence-electron chi connectivity index (χ0n) is 13.9. The van der Waals surface area contributed by atoms with E-state index in [-0.39, 0.29) is 5.91 Å². The van der Waals surface area contributed by atoms with Crippen molar-refractivity contribution in [1.29, 1.82) is 0 Å². The summed E-state index contributed by atoms with van der Waals surface area (Å²) in [5.74, 6) is 1.67. The lowest BCUT2D eigenvalue weighted by Gasteiger charge is -2.24. The van der Waals surface area contributed by atoms with Crippen LogP contribution in [0.3, 0.4) is 0 Å². The van der Waals surface area contributed by atoms with Crippen LogP contribution in [0.5, 0.6) is 0 Å². The van der Waals surface area contributed by atoms with Gasteiger partial charge in [-0.15, -0.1) is 0 Å². The number of carbonyl (C=O) groups is 1. The van der Waals surface area contributed by atoms with Crippen LogP contribution in [-0.2, 0) is 11.2 Å². The van der Waals surface area contributed by atoms with Gasteiger partial charge in [-0.25, -0.2) is 0 Å². The van der Waals surface area contributed by atoms with E-state index in [2.05, 4.69) is 34.5 Å². The highest BCUT2D eigenvalue weighted by Gasteiger charge is 2.42. The Balaban J connectivity index is 1.46. The molecule has 3 rings (SSSR count). The Morgan fingerprint density at radius 1 is 1.13 bits per heavy atom. The van der Waals surface area contributed by atoms with E-state index in [4.69, 9.17) is 5.73 Å². The van der Waals surface area contributed by atoms with Gasteiger partial charge in [0, 0.05) is 25.7 Å². The maximum absolute atomic E-state index is 12.4. The van der Waals surface area contributed by atoms with Crippen LogP contribution in [0.2, 0.25) is 0 Å². The molecule has 23 heavy (non-hydrogen) atoms. The van der Waals surface area contributed by atoms with Crippen molar-refractivity contribution < 1.29 is 4.79 Å². The third-order valence-corrected chi connectivity index (χ3v) is 4.96. The van der Waals surface area contributed by atoms with Crippen molar-refractivity contribution in [3.05, 3.63) is 35.9 Å². The number of nitrogens with zero attached hydrogens (tertiary/aromatic N) is 1. The number of hydrogen-bond acceptors (Lipinski definition) is 3. The number of benzene rings is 1. The molecule has 1 amide bonds. The fourth-order valence-electron chi connectivity index (χ4n) is 3.35. The van der Waals surface area contributed by atoms with E-state index < -0.39 is 0 Å². The fourth-order valence-corrected chi connectivity index (χ4v) is 3.35. The molecule has 2 saturated carbocycles. The van der Waals surface area contributed by atoms with Crippen LogP contribution in [0.4, 0.5) is 0 Å². The van der Waals surface area contributed by atoms with E-state index in [1.54, 1.807) is 0 Å². The van der Waals surface area contributed by atoms with E-state index >= 15 is 0 Å². The van der Waals surface area contributed by atoms with E-state index in [0.29, 0.717) is 19.1 Å². The Kier molecular flexibility index (Phi) is 5.68. The van der Waals surface area contributed by atoms with Gasteiger partial charge < -0.3 is 11.1 Å². The van der Waals surface area contributed by atoms with E-state index in [0.717, 1.165) is 31.3 Å². The molecule has 0 saturated heterocycles. The standard InChI is InChI=1S/C19H29N3O/c20-11-13-22(12-10-15-4-2-1-3-5-15)14-18(23)21-19(16-6-7-16)17-8-9-17/h1-5,16-17,19H,6-14,20H2,(H,21,23). The lowest BCUT2D eigenvalue weighted by atomic mass is 10.1. The molecule has 0 radical (unpaired) electrons. The minimum absolute atomic E-state index is 0.176. The highest BCUT2D eigenvalue weighted by atomic mass is 16.2. The molecule has 4 nitrogen and oxygen atoms in total. The van der Waals surface area contributed by atoms with Crippen molar-refractivity contribution in [3.63, 3.8) is 0 Å². The predicted molar refractivity (Wildman–Crippen MR) is 93.0 cm³/mol. The molecule has 0 heterocycles. The van der Waals surface area contributed by atoms with Crippen LogP contribution < -0.4 is 11.1 Å². The van der Waals surface area contributed by atoms with E-state index in [9.17, 15) is 4.79 Å². The van der Waals surface area contributed by atoms with Crippen LogP contribution in [0.1, 0.15) is 31.2 Å². The van der Waals surface area contributed by atoms with Crippen molar-refractivity contribution >= 4 is 5.91 Å². The largest absolute Gasteiger partial charge is 0.352 e. The van der Waals surface area contributed by atoms with Gasteiger partial charge in [0.2, 0.25) is 5.91 Å². The maximum Gasteiger partial charge on any atom is 0.234 e. The van der Waals surface area contributed by atoms with Gasteiger partial charge in [-0.05, 0) is 49.5 Å². The highest BCUT2D eigenvalue weighted by Crippen LogP contribution is 2.44. The normalized spacial score (nSPS) is 17.7. The molecular formula is C19H29N3O. The van der Waals surface area contributed by atoms with Gasteiger partial charge in [0.25, 0.3) is 0 Å². The minimum atomic E-state index is 0.176. The monoisotopic (exact) mass is 315 g/mol. The number of rotatable bonds is 10. The smallest absolute Gasteiger partial charge is 0.234 e. The summed E-state index contributed by atoms with van der Waals surface area (Å²) in [5.41, 5.74) is 7.03. The van der Waals surface area contributed by atoms with Gasteiger partial charge in [-0.1, -0.05) is 30.3 Å². The molecule has 0 bridgehead atoms. The molecule has 2 fully saturated rings. The average molecular weight is 315 g/mol. The van der Waals surface area contributed by atoms with Crippen LogP contribution in [0.15, 0.2) is 30.3 Å². The topological polar surface area (TPSA) is 58.4 Å². The summed E-state index contributed by atoms with van der Waals surface area (Å²) in [7, 11) is 0. The van der Waals surface area contributed by atoms with E-state index in [1.807, 2.05) is 6.07 Å². The molecule has 0 aromatic heterocycles. The second-order valence-corrected chi connectivity index (χ2v) is 7.07. The Bertz CT molecular complexity index is 485. The first-order chi connectivity index (χ1) is 11.3. The number of nitrogens with one attached hydrogen (secondary N) is 1. The maximum atomic E-state index is 12.4. The fraction of sp³-hybridized carbons (Fsp3) is 0.632. The van der Waals surface area contributed by atoms with Crippen LogP contribution in [-0.4, -0.2) is 43.0 Å². The summed E-state index contributed by atoms with van der Waals surface area (Å²) in [4.78, 5) is 14.6. The lowest BCUT2D eigenvalue weighted by molar-refractivity contribution is -0.123. The van der Waals surface area contributed by atoms with Crippen molar-refractivity contribution in [2.45, 2.75) is 38.1 Å². The Morgan fingerprint density at radius 2 is 1.78 bits per heavy atom. The quantitative estimate of drug-likeness (QED) is 0.692. The molecule has 4 heteroatoms. The van der Waals surface area contributed by atoms with Gasteiger partial charge in [-0.2, -0.15) is 0 Å². The van der Waals surface area contributed by atoms with Crippen LogP contribution >= 0.6 is 0 Å². The number of carbonyl (C=O) groups excluding carboxylic acids is 1. The summed E-state index contributed by atoms with van der Waals surface area (Å²) >= 11 is 0. The summed E-state index contributed by atoms with van der Waals surface area (Å²) < 4.78 is 0. The van der Waals surface area contributed by atoms with Gasteiger partial charge >= 0.3 is 0 Å².